The molecule has 108 valence electrons. The Kier molecular flexibility index (Phi) is 4.21. The van der Waals surface area contributed by atoms with Gasteiger partial charge in [0.15, 0.2) is 0 Å². The lowest BCUT2D eigenvalue weighted by Crippen LogP contribution is -2.26. The largest absolute Gasteiger partial charge is 0.390 e. The van der Waals surface area contributed by atoms with E-state index in [4.69, 9.17) is 4.84 Å². The molecule has 1 aromatic carbocycles. The summed E-state index contributed by atoms with van der Waals surface area (Å²) < 4.78 is 13.1. The minimum atomic E-state index is -0.214. The van der Waals surface area contributed by atoms with Gasteiger partial charge in [-0.3, -0.25) is 4.98 Å². The van der Waals surface area contributed by atoms with Gasteiger partial charge in [0.05, 0.1) is 5.71 Å². The Balaban J connectivity index is 1.46. The van der Waals surface area contributed by atoms with Gasteiger partial charge in [0.2, 0.25) is 0 Å². The highest BCUT2D eigenvalue weighted by atomic mass is 19.1. The van der Waals surface area contributed by atoms with Crippen molar-refractivity contribution in [2.75, 3.05) is 6.54 Å². The molecule has 0 aliphatic carbocycles. The lowest BCUT2D eigenvalue weighted by atomic mass is 10.1. The Morgan fingerprint density at radius 3 is 3.05 bits per heavy atom. The normalized spacial score (nSPS) is 17.4. The molecule has 1 atom stereocenters. The molecule has 0 spiro atoms. The molecule has 0 fully saturated rings. The fourth-order valence-corrected chi connectivity index (χ4v) is 2.27. The van der Waals surface area contributed by atoms with Crippen LogP contribution in [0.4, 0.5) is 4.39 Å². The first-order chi connectivity index (χ1) is 10.3. The van der Waals surface area contributed by atoms with Crippen LogP contribution in [0.5, 0.6) is 0 Å². The predicted molar refractivity (Wildman–Crippen MR) is 78.4 cm³/mol. The van der Waals surface area contributed by atoms with Crippen LogP contribution in [0.3, 0.4) is 0 Å². The van der Waals surface area contributed by atoms with Crippen molar-refractivity contribution in [2.24, 2.45) is 5.16 Å². The molecule has 21 heavy (non-hydrogen) atoms. The molecular formula is C16H16FN3O. The van der Waals surface area contributed by atoms with Gasteiger partial charge in [-0.05, 0) is 29.8 Å². The second-order valence-electron chi connectivity index (χ2n) is 4.97. The topological polar surface area (TPSA) is 46.5 Å². The highest BCUT2D eigenvalue weighted by Crippen LogP contribution is 2.15. The fraction of sp³-hybridized carbons (Fsp3) is 0.250. The van der Waals surface area contributed by atoms with Crippen molar-refractivity contribution in [2.45, 2.75) is 19.1 Å². The number of aromatic nitrogens is 1. The number of benzene rings is 1. The minimum Gasteiger partial charge on any atom is -0.390 e. The van der Waals surface area contributed by atoms with E-state index in [9.17, 15) is 4.39 Å². The van der Waals surface area contributed by atoms with E-state index in [1.165, 1.54) is 12.1 Å². The number of nitrogens with one attached hydrogen (secondary N) is 1. The summed E-state index contributed by atoms with van der Waals surface area (Å²) in [6.45, 7) is 1.28. The first-order valence-electron chi connectivity index (χ1n) is 6.89. The van der Waals surface area contributed by atoms with Crippen LogP contribution in [-0.2, 0) is 11.4 Å². The van der Waals surface area contributed by atoms with Crippen molar-refractivity contribution in [1.82, 2.24) is 10.3 Å². The molecule has 2 heterocycles. The molecule has 0 bridgehead atoms. The van der Waals surface area contributed by atoms with E-state index in [-0.39, 0.29) is 11.9 Å². The second kappa shape index (κ2) is 6.45. The quantitative estimate of drug-likeness (QED) is 0.918. The molecular weight excluding hydrogens is 269 g/mol. The minimum absolute atomic E-state index is 0.00812. The number of pyridine rings is 1. The third-order valence-corrected chi connectivity index (χ3v) is 3.32. The van der Waals surface area contributed by atoms with Gasteiger partial charge >= 0.3 is 0 Å². The molecule has 4 nitrogen and oxygen atoms in total. The highest BCUT2D eigenvalue weighted by Gasteiger charge is 2.21. The van der Waals surface area contributed by atoms with E-state index in [1.54, 1.807) is 18.5 Å². The summed E-state index contributed by atoms with van der Waals surface area (Å²) in [5, 5.41) is 7.37. The van der Waals surface area contributed by atoms with Crippen molar-refractivity contribution < 1.29 is 9.23 Å². The van der Waals surface area contributed by atoms with E-state index in [0.717, 1.165) is 23.3 Å². The number of oxime groups is 1. The standard InChI is InChI=1S/C16H16FN3O/c17-14-5-1-3-12(7-14)9-19-11-15-8-16(20-21-15)13-4-2-6-18-10-13/h1-7,10,15,19H,8-9,11H2. The SMILES string of the molecule is Fc1cccc(CNCC2CC(c3cccnc3)=NO2)c1. The summed E-state index contributed by atoms with van der Waals surface area (Å²) in [4.78, 5) is 9.48. The number of hydrogen-bond acceptors (Lipinski definition) is 4. The van der Waals surface area contributed by atoms with E-state index < -0.39 is 0 Å². The van der Waals surface area contributed by atoms with Crippen LogP contribution in [-0.4, -0.2) is 23.3 Å². The Bertz CT molecular complexity index is 630. The Morgan fingerprint density at radius 2 is 2.24 bits per heavy atom. The molecule has 3 rings (SSSR count). The monoisotopic (exact) mass is 285 g/mol. The zero-order valence-corrected chi connectivity index (χ0v) is 11.5. The third kappa shape index (κ3) is 3.64. The summed E-state index contributed by atoms with van der Waals surface area (Å²) in [5.74, 6) is -0.214. The average Bonchev–Trinajstić information content (AvgIpc) is 2.97. The van der Waals surface area contributed by atoms with Crippen LogP contribution >= 0.6 is 0 Å². The molecule has 1 aromatic heterocycles. The lowest BCUT2D eigenvalue weighted by molar-refractivity contribution is 0.0848. The van der Waals surface area contributed by atoms with Crippen molar-refractivity contribution >= 4 is 5.71 Å². The zero-order chi connectivity index (χ0) is 14.5. The summed E-state index contributed by atoms with van der Waals surface area (Å²) in [7, 11) is 0. The maximum Gasteiger partial charge on any atom is 0.145 e. The van der Waals surface area contributed by atoms with Crippen LogP contribution in [0.1, 0.15) is 17.5 Å². The first-order valence-corrected chi connectivity index (χ1v) is 6.89. The van der Waals surface area contributed by atoms with Gasteiger partial charge in [-0.25, -0.2) is 4.39 Å². The number of hydrogen-bond donors (Lipinski definition) is 1. The Labute approximate surface area is 122 Å². The first kappa shape index (κ1) is 13.7. The maximum atomic E-state index is 13.1. The van der Waals surface area contributed by atoms with Crippen LogP contribution < -0.4 is 5.32 Å². The molecule has 0 saturated carbocycles. The van der Waals surface area contributed by atoms with E-state index in [0.29, 0.717) is 13.1 Å². The van der Waals surface area contributed by atoms with Gasteiger partial charge in [0.25, 0.3) is 0 Å². The van der Waals surface area contributed by atoms with Crippen molar-refractivity contribution in [3.8, 4) is 0 Å². The highest BCUT2D eigenvalue weighted by molar-refractivity contribution is 6.00. The van der Waals surface area contributed by atoms with Crippen LogP contribution in [0.25, 0.3) is 0 Å². The van der Waals surface area contributed by atoms with Gasteiger partial charge in [-0.2, -0.15) is 0 Å². The molecule has 1 N–H and O–H groups in total. The molecule has 0 amide bonds. The Hall–Kier alpha value is -2.27. The second-order valence-corrected chi connectivity index (χ2v) is 4.97. The molecule has 0 radical (unpaired) electrons. The van der Waals surface area contributed by atoms with Gasteiger partial charge < -0.3 is 10.2 Å². The van der Waals surface area contributed by atoms with Gasteiger partial charge in [-0.1, -0.05) is 17.3 Å². The molecule has 0 saturated heterocycles. The van der Waals surface area contributed by atoms with Crippen molar-refractivity contribution in [1.29, 1.82) is 0 Å². The van der Waals surface area contributed by atoms with Crippen LogP contribution in [0.15, 0.2) is 53.9 Å². The Morgan fingerprint density at radius 1 is 1.29 bits per heavy atom. The fourth-order valence-electron chi connectivity index (χ4n) is 2.27. The van der Waals surface area contributed by atoms with Gasteiger partial charge in [-0.15, -0.1) is 0 Å². The number of rotatable bonds is 5. The summed E-state index contributed by atoms with van der Waals surface area (Å²) in [5.41, 5.74) is 2.83. The van der Waals surface area contributed by atoms with E-state index >= 15 is 0 Å². The molecule has 5 heteroatoms. The molecule has 1 aliphatic heterocycles. The summed E-state index contributed by atoms with van der Waals surface area (Å²) in [6.07, 6.45) is 4.28. The van der Waals surface area contributed by atoms with Gasteiger partial charge in [0, 0.05) is 37.5 Å². The number of halogens is 1. The summed E-state index contributed by atoms with van der Waals surface area (Å²) in [6, 6.07) is 10.4. The van der Waals surface area contributed by atoms with Crippen LogP contribution in [0, 0.1) is 5.82 Å². The van der Waals surface area contributed by atoms with Gasteiger partial charge in [0.1, 0.15) is 11.9 Å². The zero-order valence-electron chi connectivity index (χ0n) is 11.5. The smallest absolute Gasteiger partial charge is 0.145 e. The molecule has 1 unspecified atom stereocenters. The van der Waals surface area contributed by atoms with Crippen molar-refractivity contribution in [3.63, 3.8) is 0 Å². The number of nitrogens with zero attached hydrogens (tertiary/aromatic N) is 2. The maximum absolute atomic E-state index is 13.1. The lowest BCUT2D eigenvalue weighted by Gasteiger charge is -2.09. The average molecular weight is 285 g/mol. The predicted octanol–water partition coefficient (Wildman–Crippen LogP) is 2.50. The van der Waals surface area contributed by atoms with Crippen LogP contribution in [0.2, 0.25) is 0 Å². The van der Waals surface area contributed by atoms with E-state index in [1.807, 2.05) is 18.2 Å². The molecule has 2 aromatic rings. The van der Waals surface area contributed by atoms with E-state index in [2.05, 4.69) is 15.5 Å². The van der Waals surface area contributed by atoms with Crippen molar-refractivity contribution in [3.05, 3.63) is 65.7 Å². The summed E-state index contributed by atoms with van der Waals surface area (Å²) >= 11 is 0. The third-order valence-electron chi connectivity index (χ3n) is 3.32. The molecule has 1 aliphatic rings.